The summed E-state index contributed by atoms with van der Waals surface area (Å²) in [5.74, 6) is 2.72. The van der Waals surface area contributed by atoms with Gasteiger partial charge in [0.2, 0.25) is 0 Å². The first-order valence-electron chi connectivity index (χ1n) is 7.19. The lowest BCUT2D eigenvalue weighted by molar-refractivity contribution is 0.322. The third-order valence-electron chi connectivity index (χ3n) is 3.43. The first-order chi connectivity index (χ1) is 10.1. The number of fused-ring (bicyclic) bond motifs is 1. The monoisotopic (exact) mass is 303 g/mol. The number of aromatic nitrogens is 2. The Labute approximate surface area is 129 Å². The van der Waals surface area contributed by atoms with Gasteiger partial charge in [-0.25, -0.2) is 9.97 Å². The maximum absolute atomic E-state index is 6.17. The molecule has 2 aromatic rings. The predicted octanol–water partition coefficient (Wildman–Crippen LogP) is 4.17. The molecule has 0 aliphatic carbocycles. The van der Waals surface area contributed by atoms with E-state index in [0.29, 0.717) is 11.8 Å². The van der Waals surface area contributed by atoms with Crippen molar-refractivity contribution in [2.45, 2.75) is 26.2 Å². The second-order valence-electron chi connectivity index (χ2n) is 5.38. The molecular formula is C16H18ClN3O. The number of halogens is 1. The molecule has 1 aromatic heterocycles. The highest BCUT2D eigenvalue weighted by Gasteiger charge is 2.20. The van der Waals surface area contributed by atoms with Crippen LogP contribution in [0.5, 0.6) is 5.75 Å². The lowest BCUT2D eigenvalue weighted by Crippen LogP contribution is -2.20. The second-order valence-corrected chi connectivity index (χ2v) is 5.77. The van der Waals surface area contributed by atoms with E-state index in [1.54, 1.807) is 0 Å². The molecule has 0 spiro atoms. The summed E-state index contributed by atoms with van der Waals surface area (Å²) in [6.07, 6.45) is 0.938. The molecule has 0 saturated carbocycles. The summed E-state index contributed by atoms with van der Waals surface area (Å²) in [7, 11) is 0. The SMILES string of the molecule is CC(C)c1nc(Cl)cc(N2CCCOc3ccccc32)n1. The topological polar surface area (TPSA) is 38.2 Å². The molecule has 2 heterocycles. The summed E-state index contributed by atoms with van der Waals surface area (Å²) in [4.78, 5) is 11.1. The number of benzene rings is 1. The zero-order valence-electron chi connectivity index (χ0n) is 12.2. The minimum absolute atomic E-state index is 0.237. The van der Waals surface area contributed by atoms with Gasteiger partial charge in [0.05, 0.1) is 12.3 Å². The number of anilines is 2. The van der Waals surface area contributed by atoms with Crippen molar-refractivity contribution in [3.63, 3.8) is 0 Å². The number of nitrogens with zero attached hydrogens (tertiary/aromatic N) is 3. The van der Waals surface area contributed by atoms with E-state index >= 15 is 0 Å². The van der Waals surface area contributed by atoms with Crippen molar-refractivity contribution < 1.29 is 4.74 Å². The van der Waals surface area contributed by atoms with E-state index in [9.17, 15) is 0 Å². The molecule has 1 aliphatic rings. The number of rotatable bonds is 2. The highest BCUT2D eigenvalue weighted by atomic mass is 35.5. The van der Waals surface area contributed by atoms with Crippen molar-refractivity contribution >= 4 is 23.1 Å². The fourth-order valence-electron chi connectivity index (χ4n) is 2.38. The molecule has 1 aromatic carbocycles. The molecule has 0 unspecified atom stereocenters. The Hall–Kier alpha value is -1.81. The Morgan fingerprint density at radius 3 is 2.86 bits per heavy atom. The van der Waals surface area contributed by atoms with Crippen LogP contribution in [0, 0.1) is 0 Å². The van der Waals surface area contributed by atoms with E-state index in [0.717, 1.165) is 36.0 Å². The largest absolute Gasteiger partial charge is 0.491 e. The minimum Gasteiger partial charge on any atom is -0.491 e. The van der Waals surface area contributed by atoms with Crippen LogP contribution < -0.4 is 9.64 Å². The Balaban J connectivity index is 2.07. The summed E-state index contributed by atoms with van der Waals surface area (Å²) < 4.78 is 5.79. The molecule has 4 nitrogen and oxygen atoms in total. The molecule has 0 N–H and O–H groups in total. The van der Waals surface area contributed by atoms with Gasteiger partial charge in [-0.2, -0.15) is 0 Å². The third-order valence-corrected chi connectivity index (χ3v) is 3.62. The normalized spacial score (nSPS) is 14.6. The maximum atomic E-state index is 6.17. The van der Waals surface area contributed by atoms with Gasteiger partial charge in [-0.3, -0.25) is 0 Å². The van der Waals surface area contributed by atoms with Gasteiger partial charge in [0.15, 0.2) is 0 Å². The number of hydrogen-bond acceptors (Lipinski definition) is 4. The van der Waals surface area contributed by atoms with Crippen LogP contribution in [0.2, 0.25) is 5.15 Å². The summed E-state index contributed by atoms with van der Waals surface area (Å²) in [5.41, 5.74) is 1.03. The van der Waals surface area contributed by atoms with Gasteiger partial charge in [-0.1, -0.05) is 37.6 Å². The molecule has 0 fully saturated rings. The molecule has 1 aliphatic heterocycles. The van der Waals surface area contributed by atoms with Crippen LogP contribution >= 0.6 is 11.6 Å². The van der Waals surface area contributed by atoms with Gasteiger partial charge in [-0.05, 0) is 18.6 Å². The van der Waals surface area contributed by atoms with Crippen molar-refractivity contribution in [3.05, 3.63) is 41.3 Å². The van der Waals surface area contributed by atoms with Crippen LogP contribution in [0.1, 0.15) is 32.0 Å². The molecule has 0 saturated heterocycles. The highest BCUT2D eigenvalue weighted by Crippen LogP contribution is 2.35. The quantitative estimate of drug-likeness (QED) is 0.780. The predicted molar refractivity (Wildman–Crippen MR) is 84.7 cm³/mol. The Morgan fingerprint density at radius 2 is 2.05 bits per heavy atom. The summed E-state index contributed by atoms with van der Waals surface area (Å²) in [6, 6.07) is 9.84. The molecule has 110 valence electrons. The van der Waals surface area contributed by atoms with E-state index in [1.165, 1.54) is 0 Å². The van der Waals surface area contributed by atoms with E-state index in [-0.39, 0.29) is 5.92 Å². The van der Waals surface area contributed by atoms with Crippen molar-refractivity contribution in [2.24, 2.45) is 0 Å². The van der Waals surface area contributed by atoms with E-state index in [2.05, 4.69) is 28.7 Å². The number of hydrogen-bond donors (Lipinski definition) is 0. The zero-order chi connectivity index (χ0) is 14.8. The average molecular weight is 304 g/mol. The first kappa shape index (κ1) is 14.1. The van der Waals surface area contributed by atoms with Gasteiger partial charge < -0.3 is 9.64 Å². The number of ether oxygens (including phenoxy) is 1. The molecule has 5 heteroatoms. The van der Waals surface area contributed by atoms with E-state index in [4.69, 9.17) is 16.3 Å². The van der Waals surface area contributed by atoms with Crippen LogP contribution in [-0.2, 0) is 0 Å². The molecule has 3 rings (SSSR count). The lowest BCUT2D eigenvalue weighted by Gasteiger charge is -2.23. The summed E-state index contributed by atoms with van der Waals surface area (Å²) in [5, 5.41) is 0.478. The summed E-state index contributed by atoms with van der Waals surface area (Å²) >= 11 is 6.17. The van der Waals surface area contributed by atoms with Gasteiger partial charge in [0.25, 0.3) is 0 Å². The van der Waals surface area contributed by atoms with Crippen molar-refractivity contribution in [3.8, 4) is 5.75 Å². The van der Waals surface area contributed by atoms with Crippen LogP contribution in [0.4, 0.5) is 11.5 Å². The minimum atomic E-state index is 0.237. The van der Waals surface area contributed by atoms with Crippen LogP contribution in [0.15, 0.2) is 30.3 Å². The Morgan fingerprint density at radius 1 is 1.24 bits per heavy atom. The lowest BCUT2D eigenvalue weighted by atomic mass is 10.2. The summed E-state index contributed by atoms with van der Waals surface area (Å²) in [6.45, 7) is 5.69. The highest BCUT2D eigenvalue weighted by molar-refractivity contribution is 6.29. The first-order valence-corrected chi connectivity index (χ1v) is 7.57. The van der Waals surface area contributed by atoms with Crippen molar-refractivity contribution in [1.82, 2.24) is 9.97 Å². The van der Waals surface area contributed by atoms with Crippen LogP contribution in [-0.4, -0.2) is 23.1 Å². The fraction of sp³-hybridized carbons (Fsp3) is 0.375. The molecule has 0 radical (unpaired) electrons. The van der Waals surface area contributed by atoms with Crippen molar-refractivity contribution in [2.75, 3.05) is 18.1 Å². The van der Waals surface area contributed by atoms with Gasteiger partial charge >= 0.3 is 0 Å². The fourth-order valence-corrected chi connectivity index (χ4v) is 2.57. The molecule has 0 atom stereocenters. The van der Waals surface area contributed by atoms with E-state index < -0.39 is 0 Å². The number of para-hydroxylation sites is 2. The smallest absolute Gasteiger partial charge is 0.142 e. The zero-order valence-corrected chi connectivity index (χ0v) is 13.0. The molecular weight excluding hydrogens is 286 g/mol. The maximum Gasteiger partial charge on any atom is 0.142 e. The van der Waals surface area contributed by atoms with Gasteiger partial charge in [0, 0.05) is 18.5 Å². The molecule has 0 amide bonds. The third kappa shape index (κ3) is 2.95. The molecule has 0 bridgehead atoms. The van der Waals surface area contributed by atoms with Crippen molar-refractivity contribution in [1.29, 1.82) is 0 Å². The Bertz CT molecular complexity index is 645. The Kier molecular flexibility index (Phi) is 3.97. The second kappa shape index (κ2) is 5.90. The van der Waals surface area contributed by atoms with Gasteiger partial charge in [0.1, 0.15) is 22.5 Å². The van der Waals surface area contributed by atoms with Crippen LogP contribution in [0.25, 0.3) is 0 Å². The van der Waals surface area contributed by atoms with Crippen LogP contribution in [0.3, 0.4) is 0 Å². The van der Waals surface area contributed by atoms with E-state index in [1.807, 2.05) is 30.3 Å². The van der Waals surface area contributed by atoms with Gasteiger partial charge in [-0.15, -0.1) is 0 Å². The molecule has 21 heavy (non-hydrogen) atoms. The standard InChI is InChI=1S/C16H18ClN3O/c1-11(2)16-18-14(17)10-15(19-16)20-8-5-9-21-13-7-4-3-6-12(13)20/h3-4,6-7,10-11H,5,8-9H2,1-2H3. The average Bonchev–Trinajstić information content (AvgIpc) is 2.69.